The van der Waals surface area contributed by atoms with Crippen LogP contribution in [-0.2, 0) is 7.05 Å². The largest absolute Gasteiger partial charge is 0.373 e. The monoisotopic (exact) mass is 272 g/mol. The highest BCUT2D eigenvalue weighted by Crippen LogP contribution is 2.28. The molecule has 3 rings (SSSR count). The van der Waals surface area contributed by atoms with Gasteiger partial charge in [0, 0.05) is 13.2 Å². The van der Waals surface area contributed by atoms with Crippen molar-refractivity contribution in [2.45, 2.75) is 19.9 Å². The van der Waals surface area contributed by atoms with Crippen LogP contribution < -0.4 is 5.32 Å². The van der Waals surface area contributed by atoms with Crippen LogP contribution in [0.3, 0.4) is 0 Å². The van der Waals surface area contributed by atoms with Gasteiger partial charge in [0.1, 0.15) is 5.01 Å². The van der Waals surface area contributed by atoms with Crippen molar-refractivity contribution in [3.8, 4) is 0 Å². The van der Waals surface area contributed by atoms with Crippen molar-refractivity contribution in [3.05, 3.63) is 41.2 Å². The van der Waals surface area contributed by atoms with E-state index in [1.165, 1.54) is 4.70 Å². The summed E-state index contributed by atoms with van der Waals surface area (Å²) in [6.07, 6.45) is 2.00. The molecule has 0 aliphatic rings. The first-order valence-electron chi connectivity index (χ1n) is 6.26. The zero-order chi connectivity index (χ0) is 13.4. The van der Waals surface area contributed by atoms with Crippen molar-refractivity contribution in [2.24, 2.45) is 7.05 Å². The number of thiazole rings is 1. The molecule has 0 bridgehead atoms. The molecule has 0 spiro atoms. The molecule has 5 heteroatoms. The van der Waals surface area contributed by atoms with Gasteiger partial charge in [-0.1, -0.05) is 12.1 Å². The van der Waals surface area contributed by atoms with E-state index in [1.807, 2.05) is 37.0 Å². The van der Waals surface area contributed by atoms with E-state index in [0.717, 1.165) is 21.9 Å². The molecule has 3 aromatic rings. The Hall–Kier alpha value is -1.88. The number of benzene rings is 1. The van der Waals surface area contributed by atoms with Crippen molar-refractivity contribution in [2.75, 3.05) is 5.32 Å². The van der Waals surface area contributed by atoms with E-state index >= 15 is 0 Å². The highest BCUT2D eigenvalue weighted by molar-refractivity contribution is 7.18. The van der Waals surface area contributed by atoms with Crippen LogP contribution in [0.15, 0.2) is 30.5 Å². The third kappa shape index (κ3) is 2.33. The number of hydrogen-bond donors (Lipinski definition) is 1. The molecular formula is C14H16N4S. The third-order valence-corrected chi connectivity index (χ3v) is 4.29. The Balaban J connectivity index is 1.87. The Morgan fingerprint density at radius 3 is 2.79 bits per heavy atom. The van der Waals surface area contributed by atoms with E-state index in [4.69, 9.17) is 0 Å². The molecule has 4 nitrogen and oxygen atoms in total. The summed E-state index contributed by atoms with van der Waals surface area (Å²) in [5.74, 6) is 0. The van der Waals surface area contributed by atoms with Gasteiger partial charge in [0.25, 0.3) is 0 Å². The summed E-state index contributed by atoms with van der Waals surface area (Å²) in [4.78, 5) is 4.67. The molecule has 1 atom stereocenters. The number of nitrogens with zero attached hydrogens (tertiary/aromatic N) is 3. The third-order valence-electron chi connectivity index (χ3n) is 3.07. The van der Waals surface area contributed by atoms with Crippen molar-refractivity contribution in [1.82, 2.24) is 14.8 Å². The maximum Gasteiger partial charge on any atom is 0.116 e. The number of nitrogens with one attached hydrogen (secondary N) is 1. The molecule has 0 radical (unpaired) electrons. The minimum absolute atomic E-state index is 0.181. The molecule has 2 aromatic heterocycles. The Labute approximate surface area is 116 Å². The Morgan fingerprint density at radius 2 is 2.11 bits per heavy atom. The van der Waals surface area contributed by atoms with Gasteiger partial charge in [-0.3, -0.25) is 4.68 Å². The molecular weight excluding hydrogens is 256 g/mol. The molecule has 0 amide bonds. The first-order chi connectivity index (χ1) is 9.13. The van der Waals surface area contributed by atoms with Gasteiger partial charge in [-0.05, 0) is 26.0 Å². The molecule has 0 aliphatic carbocycles. The smallest absolute Gasteiger partial charge is 0.116 e. The fourth-order valence-corrected chi connectivity index (χ4v) is 3.08. The van der Waals surface area contributed by atoms with Gasteiger partial charge in [0.05, 0.1) is 27.6 Å². The average molecular weight is 272 g/mol. The van der Waals surface area contributed by atoms with Crippen molar-refractivity contribution < 1.29 is 0 Å². The quantitative estimate of drug-likeness (QED) is 0.793. The highest BCUT2D eigenvalue weighted by atomic mass is 32.1. The second-order valence-corrected chi connectivity index (χ2v) is 5.75. The van der Waals surface area contributed by atoms with E-state index in [-0.39, 0.29) is 6.04 Å². The van der Waals surface area contributed by atoms with E-state index in [1.54, 1.807) is 11.3 Å². The average Bonchev–Trinajstić information content (AvgIpc) is 2.93. The van der Waals surface area contributed by atoms with Crippen LogP contribution in [0.4, 0.5) is 5.69 Å². The van der Waals surface area contributed by atoms with Gasteiger partial charge in [-0.25, -0.2) is 4.98 Å². The van der Waals surface area contributed by atoms with Crippen molar-refractivity contribution in [3.63, 3.8) is 0 Å². The number of aromatic nitrogens is 3. The predicted octanol–water partition coefficient (Wildman–Crippen LogP) is 3.51. The standard InChI is InChI=1S/C14H16N4S/c1-9-12(8-18(3)17-9)15-10(2)14-16-11-6-4-5-7-13(11)19-14/h4-8,10,15H,1-3H3. The van der Waals surface area contributed by atoms with Crippen LogP contribution in [0.1, 0.15) is 23.7 Å². The minimum Gasteiger partial charge on any atom is -0.373 e. The number of anilines is 1. The molecule has 1 unspecified atom stereocenters. The normalized spacial score (nSPS) is 12.8. The van der Waals surface area contributed by atoms with Crippen LogP contribution in [0.2, 0.25) is 0 Å². The first kappa shape index (κ1) is 12.2. The molecule has 19 heavy (non-hydrogen) atoms. The second-order valence-electron chi connectivity index (χ2n) is 4.69. The lowest BCUT2D eigenvalue weighted by molar-refractivity contribution is 0.756. The summed E-state index contributed by atoms with van der Waals surface area (Å²) in [7, 11) is 1.93. The number of aryl methyl sites for hydroxylation is 2. The topological polar surface area (TPSA) is 42.7 Å². The summed E-state index contributed by atoms with van der Waals surface area (Å²) in [6.45, 7) is 4.14. The van der Waals surface area contributed by atoms with Crippen LogP contribution in [0.5, 0.6) is 0 Å². The SMILES string of the molecule is Cc1nn(C)cc1NC(C)c1nc2ccccc2s1. The summed E-state index contributed by atoms with van der Waals surface area (Å²) >= 11 is 1.74. The van der Waals surface area contributed by atoms with Crippen LogP contribution in [0.25, 0.3) is 10.2 Å². The van der Waals surface area contributed by atoms with E-state index in [0.29, 0.717) is 0 Å². The lowest BCUT2D eigenvalue weighted by Gasteiger charge is -2.11. The van der Waals surface area contributed by atoms with Crippen molar-refractivity contribution >= 4 is 27.2 Å². The molecule has 0 saturated carbocycles. The number of hydrogen-bond acceptors (Lipinski definition) is 4. The maximum atomic E-state index is 4.67. The minimum atomic E-state index is 0.181. The van der Waals surface area contributed by atoms with Crippen LogP contribution in [0, 0.1) is 6.92 Å². The van der Waals surface area contributed by atoms with Gasteiger partial charge < -0.3 is 5.32 Å². The number of rotatable bonds is 3. The molecule has 2 heterocycles. The molecule has 0 saturated heterocycles. The molecule has 98 valence electrons. The molecule has 0 aliphatic heterocycles. The first-order valence-corrected chi connectivity index (χ1v) is 7.07. The Kier molecular flexibility index (Phi) is 2.98. The van der Waals surface area contributed by atoms with Crippen LogP contribution in [-0.4, -0.2) is 14.8 Å². The molecule has 1 N–H and O–H groups in total. The summed E-state index contributed by atoms with van der Waals surface area (Å²) in [6, 6.07) is 8.42. The molecule has 1 aromatic carbocycles. The lowest BCUT2D eigenvalue weighted by Crippen LogP contribution is -2.06. The predicted molar refractivity (Wildman–Crippen MR) is 79.6 cm³/mol. The second kappa shape index (κ2) is 4.66. The van der Waals surface area contributed by atoms with Gasteiger partial charge >= 0.3 is 0 Å². The van der Waals surface area contributed by atoms with E-state index in [9.17, 15) is 0 Å². The Bertz CT molecular complexity index is 680. The van der Waals surface area contributed by atoms with Crippen LogP contribution >= 0.6 is 11.3 Å². The summed E-state index contributed by atoms with van der Waals surface area (Å²) in [5, 5.41) is 8.91. The van der Waals surface area contributed by atoms with Gasteiger partial charge in [0.2, 0.25) is 0 Å². The fourth-order valence-electron chi connectivity index (χ4n) is 2.11. The zero-order valence-electron chi connectivity index (χ0n) is 11.2. The van der Waals surface area contributed by atoms with E-state index in [2.05, 4.69) is 34.5 Å². The Morgan fingerprint density at radius 1 is 1.32 bits per heavy atom. The summed E-state index contributed by atoms with van der Waals surface area (Å²) in [5.41, 5.74) is 3.14. The van der Waals surface area contributed by atoms with Gasteiger partial charge in [0.15, 0.2) is 0 Å². The highest BCUT2D eigenvalue weighted by Gasteiger charge is 2.13. The maximum absolute atomic E-state index is 4.67. The fraction of sp³-hybridized carbons (Fsp3) is 0.286. The summed E-state index contributed by atoms with van der Waals surface area (Å²) < 4.78 is 3.05. The number of para-hydroxylation sites is 1. The van der Waals surface area contributed by atoms with Crippen molar-refractivity contribution in [1.29, 1.82) is 0 Å². The number of fused-ring (bicyclic) bond motifs is 1. The van der Waals surface area contributed by atoms with Gasteiger partial charge in [-0.15, -0.1) is 11.3 Å². The molecule has 0 fully saturated rings. The zero-order valence-corrected chi connectivity index (χ0v) is 12.0. The van der Waals surface area contributed by atoms with Gasteiger partial charge in [-0.2, -0.15) is 5.10 Å². The lowest BCUT2D eigenvalue weighted by atomic mass is 10.3. The van der Waals surface area contributed by atoms with E-state index < -0.39 is 0 Å².